The minimum atomic E-state index is -0.785. The van der Waals surface area contributed by atoms with Crippen molar-refractivity contribution in [2.45, 2.75) is 12.0 Å². The van der Waals surface area contributed by atoms with Crippen LogP contribution in [0, 0.1) is 0 Å². The van der Waals surface area contributed by atoms with Gasteiger partial charge in [0, 0.05) is 11.5 Å². The van der Waals surface area contributed by atoms with Gasteiger partial charge in [-0.3, -0.25) is 0 Å². The number of nitrogens with one attached hydrogen (secondary N) is 1. The Hall–Kier alpha value is -0.480. The molecule has 1 saturated heterocycles. The number of aliphatic hydroxyl groups is 1. The normalized spacial score (nSPS) is 28.8. The minimum Gasteiger partial charge on any atom is -0.388 e. The lowest BCUT2D eigenvalue weighted by molar-refractivity contribution is 0.0708. The van der Waals surface area contributed by atoms with E-state index in [1.54, 1.807) is 0 Å². The first-order chi connectivity index (χ1) is 4.77. The second-order valence-electron chi connectivity index (χ2n) is 2.54. The van der Waals surface area contributed by atoms with Gasteiger partial charge in [-0.15, -0.1) is 12.4 Å². The van der Waals surface area contributed by atoms with Crippen molar-refractivity contribution >= 4 is 12.4 Å². The van der Waals surface area contributed by atoms with Crippen LogP contribution in [-0.4, -0.2) is 30.3 Å². The molecule has 1 heterocycles. The monoisotopic (exact) mass is 178 g/mol. The summed E-state index contributed by atoms with van der Waals surface area (Å²) in [6.07, 6.45) is 0.673. The van der Waals surface area contributed by atoms with E-state index in [-0.39, 0.29) is 19.0 Å². The van der Waals surface area contributed by atoms with E-state index in [4.69, 9.17) is 5.53 Å². The Morgan fingerprint density at radius 1 is 1.73 bits per heavy atom. The Kier molecular flexibility index (Phi) is 4.22. The van der Waals surface area contributed by atoms with E-state index < -0.39 is 5.60 Å². The lowest BCUT2D eigenvalue weighted by Gasteiger charge is -2.16. The molecule has 0 amide bonds. The van der Waals surface area contributed by atoms with Crippen molar-refractivity contribution in [1.82, 2.24) is 5.32 Å². The van der Waals surface area contributed by atoms with Gasteiger partial charge >= 0.3 is 0 Å². The number of β-amino-alcohol motifs (C(OH)–C–C–N with tert-alkyl or cyclic N) is 1. The lowest BCUT2D eigenvalue weighted by atomic mass is 10.0. The summed E-state index contributed by atoms with van der Waals surface area (Å²) in [7, 11) is 0. The largest absolute Gasteiger partial charge is 0.388 e. The van der Waals surface area contributed by atoms with Crippen molar-refractivity contribution in [2.75, 3.05) is 19.6 Å². The van der Waals surface area contributed by atoms with Gasteiger partial charge in [0.2, 0.25) is 0 Å². The van der Waals surface area contributed by atoms with Gasteiger partial charge in [0.05, 0.1) is 12.1 Å². The van der Waals surface area contributed by atoms with Gasteiger partial charge in [0.15, 0.2) is 0 Å². The number of azide groups is 1. The SMILES string of the molecule is Cl.[N-]=[N+]=NCC1(O)CCNC1. The van der Waals surface area contributed by atoms with Crippen LogP contribution in [0.4, 0.5) is 0 Å². The van der Waals surface area contributed by atoms with Gasteiger partial charge in [-0.25, -0.2) is 0 Å². The third-order valence-electron chi connectivity index (χ3n) is 1.65. The fourth-order valence-electron chi connectivity index (χ4n) is 1.03. The molecule has 11 heavy (non-hydrogen) atoms. The highest BCUT2D eigenvalue weighted by Gasteiger charge is 2.29. The van der Waals surface area contributed by atoms with Crippen LogP contribution < -0.4 is 5.32 Å². The van der Waals surface area contributed by atoms with Crippen molar-refractivity contribution in [3.63, 3.8) is 0 Å². The molecule has 1 atom stereocenters. The van der Waals surface area contributed by atoms with Crippen molar-refractivity contribution in [2.24, 2.45) is 5.11 Å². The molecule has 2 N–H and O–H groups in total. The molecule has 1 aliphatic heterocycles. The van der Waals surface area contributed by atoms with Crippen LogP contribution in [0.1, 0.15) is 6.42 Å². The van der Waals surface area contributed by atoms with E-state index in [0.29, 0.717) is 13.0 Å². The van der Waals surface area contributed by atoms with E-state index in [1.165, 1.54) is 0 Å². The van der Waals surface area contributed by atoms with Gasteiger partial charge in [-0.2, -0.15) is 0 Å². The summed E-state index contributed by atoms with van der Waals surface area (Å²) in [5, 5.41) is 15.8. The molecule has 0 aromatic rings. The maximum Gasteiger partial charge on any atom is 0.0839 e. The highest BCUT2D eigenvalue weighted by Crippen LogP contribution is 2.13. The Labute approximate surface area is 70.8 Å². The smallest absolute Gasteiger partial charge is 0.0839 e. The molecule has 1 aliphatic rings. The fraction of sp³-hybridized carbons (Fsp3) is 1.00. The summed E-state index contributed by atoms with van der Waals surface area (Å²) in [5.74, 6) is 0. The van der Waals surface area contributed by atoms with Crippen LogP contribution in [0.3, 0.4) is 0 Å². The van der Waals surface area contributed by atoms with Crippen molar-refractivity contribution in [3.05, 3.63) is 10.4 Å². The number of halogens is 1. The van der Waals surface area contributed by atoms with Crippen LogP contribution in [0.25, 0.3) is 10.4 Å². The average molecular weight is 179 g/mol. The number of hydrogen-bond acceptors (Lipinski definition) is 3. The summed E-state index contributed by atoms with van der Waals surface area (Å²) in [5.41, 5.74) is 7.18. The Bertz CT molecular complexity index is 162. The molecule has 64 valence electrons. The van der Waals surface area contributed by atoms with E-state index >= 15 is 0 Å². The van der Waals surface area contributed by atoms with Gasteiger partial charge in [-0.05, 0) is 18.5 Å². The molecule has 1 unspecified atom stereocenters. The standard InChI is InChI=1S/C5H10N4O.ClH/c6-9-8-4-5(10)1-2-7-3-5;/h7,10H,1-4H2;1H. The Morgan fingerprint density at radius 3 is 2.91 bits per heavy atom. The molecule has 0 aliphatic carbocycles. The van der Waals surface area contributed by atoms with Gasteiger partial charge in [-0.1, -0.05) is 5.11 Å². The average Bonchev–Trinajstić information content (AvgIpc) is 2.33. The molecule has 0 spiro atoms. The second-order valence-corrected chi connectivity index (χ2v) is 2.54. The molecule has 1 rings (SSSR count). The highest BCUT2D eigenvalue weighted by molar-refractivity contribution is 5.85. The Balaban J connectivity index is 0.000001000. The third kappa shape index (κ3) is 2.95. The second kappa shape index (κ2) is 4.41. The number of hydrogen-bond donors (Lipinski definition) is 2. The topological polar surface area (TPSA) is 81.0 Å². The molecule has 1 fully saturated rings. The summed E-state index contributed by atoms with van der Waals surface area (Å²) >= 11 is 0. The van der Waals surface area contributed by atoms with Crippen LogP contribution in [0.15, 0.2) is 5.11 Å². The predicted octanol–water partition coefficient (Wildman–Crippen LogP) is 0.443. The highest BCUT2D eigenvalue weighted by atomic mass is 35.5. The molecule has 0 aromatic carbocycles. The zero-order chi connectivity index (χ0) is 7.45. The van der Waals surface area contributed by atoms with E-state index in [9.17, 15) is 5.11 Å². The maximum absolute atomic E-state index is 9.50. The maximum atomic E-state index is 9.50. The summed E-state index contributed by atoms with van der Waals surface area (Å²) in [4.78, 5) is 2.58. The fourth-order valence-corrected chi connectivity index (χ4v) is 1.03. The van der Waals surface area contributed by atoms with E-state index in [2.05, 4.69) is 15.3 Å². The van der Waals surface area contributed by atoms with Crippen LogP contribution in [-0.2, 0) is 0 Å². The molecule has 0 saturated carbocycles. The molecule has 5 nitrogen and oxygen atoms in total. The van der Waals surface area contributed by atoms with Gasteiger partial charge in [0.25, 0.3) is 0 Å². The van der Waals surface area contributed by atoms with Crippen molar-refractivity contribution < 1.29 is 5.11 Å². The zero-order valence-electron chi connectivity index (χ0n) is 6.03. The third-order valence-corrected chi connectivity index (χ3v) is 1.65. The number of nitrogens with zero attached hydrogens (tertiary/aromatic N) is 3. The molecule has 0 radical (unpaired) electrons. The van der Waals surface area contributed by atoms with E-state index in [0.717, 1.165) is 6.54 Å². The summed E-state index contributed by atoms with van der Waals surface area (Å²) < 4.78 is 0. The first-order valence-electron chi connectivity index (χ1n) is 3.21. The minimum absolute atomic E-state index is 0. The molecule has 0 aromatic heterocycles. The van der Waals surface area contributed by atoms with Crippen molar-refractivity contribution in [3.8, 4) is 0 Å². The van der Waals surface area contributed by atoms with Crippen LogP contribution in [0.2, 0.25) is 0 Å². The number of rotatable bonds is 2. The summed E-state index contributed by atoms with van der Waals surface area (Å²) in [6.45, 7) is 1.51. The first kappa shape index (κ1) is 10.5. The van der Waals surface area contributed by atoms with Crippen LogP contribution in [0.5, 0.6) is 0 Å². The quantitative estimate of drug-likeness (QED) is 0.366. The zero-order valence-corrected chi connectivity index (χ0v) is 6.84. The molecular weight excluding hydrogens is 168 g/mol. The molecule has 0 bridgehead atoms. The summed E-state index contributed by atoms with van der Waals surface area (Å²) in [6, 6.07) is 0. The predicted molar refractivity (Wildman–Crippen MR) is 43.7 cm³/mol. The van der Waals surface area contributed by atoms with E-state index in [1.807, 2.05) is 0 Å². The molecular formula is C5H11ClN4O. The van der Waals surface area contributed by atoms with Gasteiger partial charge in [0.1, 0.15) is 0 Å². The van der Waals surface area contributed by atoms with Crippen molar-refractivity contribution in [1.29, 1.82) is 0 Å². The molecule has 6 heteroatoms. The lowest BCUT2D eigenvalue weighted by Crippen LogP contribution is -2.34. The first-order valence-corrected chi connectivity index (χ1v) is 3.21. The Morgan fingerprint density at radius 2 is 2.45 bits per heavy atom. The van der Waals surface area contributed by atoms with Crippen LogP contribution >= 0.6 is 12.4 Å². The van der Waals surface area contributed by atoms with Gasteiger partial charge < -0.3 is 10.4 Å².